The van der Waals surface area contributed by atoms with Crippen LogP contribution in [0.25, 0.3) is 0 Å². The van der Waals surface area contributed by atoms with Gasteiger partial charge in [0.2, 0.25) is 5.88 Å². The van der Waals surface area contributed by atoms with Gasteiger partial charge in [0.1, 0.15) is 5.75 Å². The smallest absolute Gasteiger partial charge is 0.226 e. The molecule has 1 atom stereocenters. The van der Waals surface area contributed by atoms with E-state index in [4.69, 9.17) is 21.1 Å². The summed E-state index contributed by atoms with van der Waals surface area (Å²) in [7, 11) is 1.92. The topological polar surface area (TPSA) is 55.4 Å². The first-order valence-corrected chi connectivity index (χ1v) is 9.29. The van der Waals surface area contributed by atoms with Gasteiger partial charge in [-0.2, -0.15) is 0 Å². The number of benzene rings is 1. The minimum atomic E-state index is 0.319. The number of aryl methyl sites for hydroxylation is 3. The second-order valence-corrected chi connectivity index (χ2v) is 7.24. The van der Waals surface area contributed by atoms with Crippen molar-refractivity contribution in [2.24, 2.45) is 0 Å². The number of aromatic nitrogens is 1. The van der Waals surface area contributed by atoms with Gasteiger partial charge in [-0.1, -0.05) is 11.6 Å². The van der Waals surface area contributed by atoms with Crippen LogP contribution in [0.5, 0.6) is 11.6 Å². The lowest BCUT2D eigenvalue weighted by molar-refractivity contribution is 0.195. The zero-order chi connectivity index (χ0) is 18.7. The summed E-state index contributed by atoms with van der Waals surface area (Å²) < 4.78 is 11.8. The Bertz CT molecular complexity index is 766. The number of ether oxygens (including phenoxy) is 2. The molecule has 2 aromatic rings. The number of pyridine rings is 1. The summed E-state index contributed by atoms with van der Waals surface area (Å²) in [4.78, 5) is 4.66. The van der Waals surface area contributed by atoms with E-state index >= 15 is 0 Å². The molecule has 0 saturated carbocycles. The maximum Gasteiger partial charge on any atom is 0.226 e. The molecule has 5 nitrogen and oxygen atoms in total. The van der Waals surface area contributed by atoms with Gasteiger partial charge in [0, 0.05) is 29.6 Å². The number of anilines is 1. The van der Waals surface area contributed by atoms with Crippen molar-refractivity contribution < 1.29 is 9.47 Å². The molecule has 0 spiro atoms. The summed E-state index contributed by atoms with van der Waals surface area (Å²) in [5, 5.41) is 7.53. The molecule has 1 fully saturated rings. The molecule has 2 N–H and O–H groups in total. The van der Waals surface area contributed by atoms with Gasteiger partial charge in [0.15, 0.2) is 0 Å². The van der Waals surface area contributed by atoms with Crippen LogP contribution >= 0.6 is 11.6 Å². The van der Waals surface area contributed by atoms with E-state index in [1.165, 1.54) is 0 Å². The van der Waals surface area contributed by atoms with E-state index in [0.717, 1.165) is 53.5 Å². The van der Waals surface area contributed by atoms with Crippen molar-refractivity contribution >= 4 is 17.3 Å². The highest BCUT2D eigenvalue weighted by Gasteiger charge is 2.20. The van der Waals surface area contributed by atoms with Crippen molar-refractivity contribution in [1.29, 1.82) is 0 Å². The number of halogens is 1. The van der Waals surface area contributed by atoms with Crippen molar-refractivity contribution in [1.82, 2.24) is 10.3 Å². The van der Waals surface area contributed by atoms with Crippen LogP contribution in [0.4, 0.5) is 5.69 Å². The predicted molar refractivity (Wildman–Crippen MR) is 106 cm³/mol. The molecule has 26 heavy (non-hydrogen) atoms. The lowest BCUT2D eigenvalue weighted by Gasteiger charge is -2.20. The summed E-state index contributed by atoms with van der Waals surface area (Å²) in [6.45, 7) is 8.16. The van der Waals surface area contributed by atoms with E-state index in [1.54, 1.807) is 0 Å². The van der Waals surface area contributed by atoms with Gasteiger partial charge in [-0.3, -0.25) is 0 Å². The van der Waals surface area contributed by atoms with Crippen LogP contribution in [-0.4, -0.2) is 31.3 Å². The Kier molecular flexibility index (Phi) is 6.01. The second kappa shape index (κ2) is 8.25. The Morgan fingerprint density at radius 2 is 1.96 bits per heavy atom. The fourth-order valence-electron chi connectivity index (χ4n) is 3.26. The third-order valence-electron chi connectivity index (χ3n) is 4.48. The minimum absolute atomic E-state index is 0.319. The number of hydrogen-bond acceptors (Lipinski definition) is 5. The zero-order valence-corrected chi connectivity index (χ0v) is 16.5. The standard InChI is InChI=1S/C20H26ClN3O2/c1-12-7-15(21)8-13(2)19(12)26-20-17(10-22-4)18(9-14(3)23-20)24-16-5-6-25-11-16/h7-9,16,22H,5-6,10-11H2,1-4H3,(H,23,24). The Morgan fingerprint density at radius 1 is 1.23 bits per heavy atom. The molecule has 6 heteroatoms. The van der Waals surface area contributed by atoms with Gasteiger partial charge < -0.3 is 20.1 Å². The average Bonchev–Trinajstić information content (AvgIpc) is 3.06. The molecule has 1 saturated heterocycles. The van der Waals surface area contributed by atoms with Crippen LogP contribution in [0.1, 0.15) is 28.8 Å². The normalized spacial score (nSPS) is 16.7. The summed E-state index contributed by atoms with van der Waals surface area (Å²) in [6.07, 6.45) is 1.01. The lowest BCUT2D eigenvalue weighted by Crippen LogP contribution is -2.21. The third-order valence-corrected chi connectivity index (χ3v) is 4.70. The van der Waals surface area contributed by atoms with E-state index in [-0.39, 0.29) is 0 Å². The Hall–Kier alpha value is -1.82. The lowest BCUT2D eigenvalue weighted by atomic mass is 10.1. The van der Waals surface area contributed by atoms with Crippen LogP contribution in [0.15, 0.2) is 18.2 Å². The van der Waals surface area contributed by atoms with Crippen LogP contribution in [0, 0.1) is 20.8 Å². The van der Waals surface area contributed by atoms with E-state index < -0.39 is 0 Å². The van der Waals surface area contributed by atoms with Crippen molar-refractivity contribution in [3.63, 3.8) is 0 Å². The molecule has 0 aliphatic carbocycles. The molecular weight excluding hydrogens is 350 g/mol. The predicted octanol–water partition coefficient (Wildman–Crippen LogP) is 4.37. The van der Waals surface area contributed by atoms with Crippen molar-refractivity contribution in [2.75, 3.05) is 25.6 Å². The fraction of sp³-hybridized carbons (Fsp3) is 0.450. The molecule has 3 rings (SSSR count). The van der Waals surface area contributed by atoms with Gasteiger partial charge in [-0.25, -0.2) is 4.98 Å². The molecule has 1 aromatic heterocycles. The van der Waals surface area contributed by atoms with Gasteiger partial charge >= 0.3 is 0 Å². The first-order valence-electron chi connectivity index (χ1n) is 8.92. The van der Waals surface area contributed by atoms with E-state index in [1.807, 2.05) is 40.0 Å². The van der Waals surface area contributed by atoms with Crippen LogP contribution in [0.3, 0.4) is 0 Å². The molecule has 140 valence electrons. The Balaban J connectivity index is 1.98. The molecule has 1 aliphatic heterocycles. The van der Waals surface area contributed by atoms with Crippen LogP contribution in [-0.2, 0) is 11.3 Å². The number of nitrogens with one attached hydrogen (secondary N) is 2. The highest BCUT2D eigenvalue weighted by molar-refractivity contribution is 6.30. The van der Waals surface area contributed by atoms with Crippen molar-refractivity contribution in [3.8, 4) is 11.6 Å². The Morgan fingerprint density at radius 3 is 2.58 bits per heavy atom. The summed E-state index contributed by atoms with van der Waals surface area (Å²) in [6, 6.07) is 6.21. The SMILES string of the molecule is CNCc1c(NC2CCOC2)cc(C)nc1Oc1c(C)cc(Cl)cc1C. The molecular formula is C20H26ClN3O2. The van der Waals surface area contributed by atoms with Gasteiger partial charge in [0.25, 0.3) is 0 Å². The van der Waals surface area contributed by atoms with Gasteiger partial charge in [0.05, 0.1) is 18.2 Å². The molecule has 0 amide bonds. The molecule has 1 aliphatic rings. The second-order valence-electron chi connectivity index (χ2n) is 6.80. The maximum atomic E-state index is 6.28. The largest absolute Gasteiger partial charge is 0.438 e. The number of rotatable bonds is 6. The number of hydrogen-bond donors (Lipinski definition) is 2. The fourth-order valence-corrected chi connectivity index (χ4v) is 3.58. The van der Waals surface area contributed by atoms with Crippen molar-refractivity contribution in [3.05, 3.63) is 45.6 Å². The molecule has 1 aromatic carbocycles. The van der Waals surface area contributed by atoms with E-state index in [9.17, 15) is 0 Å². The highest BCUT2D eigenvalue weighted by Crippen LogP contribution is 2.35. The zero-order valence-electron chi connectivity index (χ0n) is 15.8. The summed E-state index contributed by atoms with van der Waals surface area (Å²) in [5.74, 6) is 1.43. The van der Waals surface area contributed by atoms with Gasteiger partial charge in [-0.15, -0.1) is 0 Å². The first-order chi connectivity index (χ1) is 12.5. The third kappa shape index (κ3) is 4.29. The van der Waals surface area contributed by atoms with Crippen LogP contribution < -0.4 is 15.4 Å². The van der Waals surface area contributed by atoms with E-state index in [0.29, 0.717) is 23.5 Å². The highest BCUT2D eigenvalue weighted by atomic mass is 35.5. The van der Waals surface area contributed by atoms with Gasteiger partial charge in [-0.05, 0) is 63.6 Å². The number of nitrogens with zero attached hydrogens (tertiary/aromatic N) is 1. The summed E-state index contributed by atoms with van der Waals surface area (Å²) in [5.41, 5.74) is 4.95. The summed E-state index contributed by atoms with van der Waals surface area (Å²) >= 11 is 6.15. The monoisotopic (exact) mass is 375 g/mol. The quantitative estimate of drug-likeness (QED) is 0.785. The van der Waals surface area contributed by atoms with Crippen molar-refractivity contribution in [2.45, 2.75) is 39.8 Å². The molecule has 0 radical (unpaired) electrons. The van der Waals surface area contributed by atoms with Crippen LogP contribution in [0.2, 0.25) is 5.02 Å². The maximum absolute atomic E-state index is 6.28. The molecule has 0 bridgehead atoms. The average molecular weight is 376 g/mol. The minimum Gasteiger partial charge on any atom is -0.438 e. The molecule has 1 unspecified atom stereocenters. The van der Waals surface area contributed by atoms with E-state index in [2.05, 4.69) is 21.7 Å². The molecule has 2 heterocycles. The Labute approximate surface area is 160 Å². The first kappa shape index (κ1) is 19.0.